The number of benzene rings is 1. The van der Waals surface area contributed by atoms with Crippen molar-refractivity contribution in [2.24, 2.45) is 0 Å². The standard InChI is InChI=1S/C27H40N4O3/c1-21(2)29-25(34-3)20-31-24(22-12-6-4-7-13-22)15-14-23(27(31)33)26(32)28-16-8-11-19-30-17-9-5-10-18-30/h4,6-7,12-15,21,25,29H,5,8-11,16-20H2,1-3H3,(H,28,32). The average Bonchev–Trinajstić information content (AvgIpc) is 2.85. The van der Waals surface area contributed by atoms with Crippen molar-refractivity contribution in [2.75, 3.05) is 33.3 Å². The van der Waals surface area contributed by atoms with E-state index in [0.29, 0.717) is 13.1 Å². The van der Waals surface area contributed by atoms with Crippen LogP contribution in [-0.4, -0.2) is 60.9 Å². The van der Waals surface area contributed by atoms with Crippen LogP contribution in [0.4, 0.5) is 0 Å². The zero-order chi connectivity index (χ0) is 24.3. The van der Waals surface area contributed by atoms with Gasteiger partial charge >= 0.3 is 0 Å². The Morgan fingerprint density at radius 1 is 1.03 bits per heavy atom. The minimum atomic E-state index is -0.353. The van der Waals surface area contributed by atoms with Crippen molar-refractivity contribution in [1.29, 1.82) is 0 Å². The summed E-state index contributed by atoms with van der Waals surface area (Å²) in [6.45, 7) is 8.39. The van der Waals surface area contributed by atoms with E-state index in [9.17, 15) is 9.59 Å². The van der Waals surface area contributed by atoms with Gasteiger partial charge in [0.2, 0.25) is 0 Å². The molecule has 1 aromatic carbocycles. The summed E-state index contributed by atoms with van der Waals surface area (Å²) >= 11 is 0. The molecule has 1 aliphatic heterocycles. The highest BCUT2D eigenvalue weighted by Crippen LogP contribution is 2.19. The Morgan fingerprint density at radius 3 is 2.44 bits per heavy atom. The molecule has 1 saturated heterocycles. The van der Waals surface area contributed by atoms with Crippen molar-refractivity contribution in [2.45, 2.75) is 64.8 Å². The second kappa shape index (κ2) is 13.4. The predicted octanol–water partition coefficient (Wildman–Crippen LogP) is 3.48. The second-order valence-corrected chi connectivity index (χ2v) is 9.33. The molecule has 1 aromatic heterocycles. The number of carbonyl (C=O) groups is 1. The SMILES string of the molecule is COC(Cn1c(-c2ccccc2)ccc(C(=O)NCCCCN2CCCCC2)c1=O)NC(C)C. The van der Waals surface area contributed by atoms with Crippen molar-refractivity contribution >= 4 is 5.91 Å². The van der Waals surface area contributed by atoms with E-state index >= 15 is 0 Å². The number of piperidine rings is 1. The molecule has 7 heteroatoms. The number of unbranched alkanes of at least 4 members (excludes halogenated alkanes) is 1. The minimum Gasteiger partial charge on any atom is -0.365 e. The number of hydrogen-bond acceptors (Lipinski definition) is 5. The second-order valence-electron chi connectivity index (χ2n) is 9.33. The number of likely N-dealkylation sites (tertiary alicyclic amines) is 1. The van der Waals surface area contributed by atoms with E-state index in [2.05, 4.69) is 15.5 Å². The van der Waals surface area contributed by atoms with Crippen LogP contribution in [0.2, 0.25) is 0 Å². The quantitative estimate of drug-likeness (QED) is 0.368. The molecule has 186 valence electrons. The Kier molecular flexibility index (Phi) is 10.3. The largest absolute Gasteiger partial charge is 0.365 e. The first-order valence-corrected chi connectivity index (χ1v) is 12.6. The minimum absolute atomic E-state index is 0.162. The number of pyridine rings is 1. The number of methoxy groups -OCH3 is 1. The molecule has 0 saturated carbocycles. The van der Waals surface area contributed by atoms with Gasteiger partial charge in [0.1, 0.15) is 11.8 Å². The molecule has 2 N–H and O–H groups in total. The topological polar surface area (TPSA) is 75.6 Å². The summed E-state index contributed by atoms with van der Waals surface area (Å²) in [4.78, 5) is 28.8. The maximum atomic E-state index is 13.4. The van der Waals surface area contributed by atoms with Crippen LogP contribution in [0.3, 0.4) is 0 Å². The van der Waals surface area contributed by atoms with Crippen molar-refractivity contribution in [3.63, 3.8) is 0 Å². The van der Waals surface area contributed by atoms with Crippen molar-refractivity contribution in [3.05, 3.63) is 58.4 Å². The van der Waals surface area contributed by atoms with E-state index in [4.69, 9.17) is 4.74 Å². The van der Waals surface area contributed by atoms with E-state index in [0.717, 1.165) is 30.6 Å². The Hall–Kier alpha value is -2.48. The van der Waals surface area contributed by atoms with Crippen LogP contribution in [-0.2, 0) is 11.3 Å². The summed E-state index contributed by atoms with van der Waals surface area (Å²) in [6.07, 6.45) is 5.52. The summed E-state index contributed by atoms with van der Waals surface area (Å²) in [5.74, 6) is -0.317. The van der Waals surface area contributed by atoms with Crippen LogP contribution in [0.15, 0.2) is 47.3 Å². The van der Waals surface area contributed by atoms with Gasteiger partial charge in [-0.25, -0.2) is 0 Å². The number of nitrogens with one attached hydrogen (secondary N) is 2. The van der Waals surface area contributed by atoms with E-state index in [1.165, 1.54) is 32.4 Å². The lowest BCUT2D eigenvalue weighted by Crippen LogP contribution is -2.43. The molecule has 0 aliphatic carbocycles. The van der Waals surface area contributed by atoms with Crippen LogP contribution in [0.25, 0.3) is 11.3 Å². The summed E-state index contributed by atoms with van der Waals surface area (Å²) in [7, 11) is 1.62. The number of amides is 1. The molecule has 1 amide bonds. The third-order valence-corrected chi connectivity index (χ3v) is 6.28. The number of hydrogen-bond donors (Lipinski definition) is 2. The summed E-state index contributed by atoms with van der Waals surface area (Å²) in [5, 5.41) is 6.27. The molecule has 0 radical (unpaired) electrons. The van der Waals surface area contributed by atoms with Gasteiger partial charge in [0.05, 0.1) is 12.2 Å². The molecule has 34 heavy (non-hydrogen) atoms. The molecular formula is C27H40N4O3. The molecule has 0 spiro atoms. The van der Waals surface area contributed by atoms with Crippen molar-refractivity contribution in [3.8, 4) is 11.3 Å². The molecule has 2 aromatic rings. The van der Waals surface area contributed by atoms with Crippen LogP contribution >= 0.6 is 0 Å². The summed E-state index contributed by atoms with van der Waals surface area (Å²) in [6, 6.07) is 13.4. The zero-order valence-electron chi connectivity index (χ0n) is 20.9. The maximum absolute atomic E-state index is 13.4. The van der Waals surface area contributed by atoms with E-state index in [1.807, 2.05) is 50.2 Å². The molecule has 3 rings (SSSR count). The number of aromatic nitrogens is 1. The van der Waals surface area contributed by atoms with Gasteiger partial charge in [-0.05, 0) is 76.9 Å². The third kappa shape index (κ3) is 7.52. The molecular weight excluding hydrogens is 428 g/mol. The van der Waals surface area contributed by atoms with E-state index < -0.39 is 0 Å². The number of ether oxygens (including phenoxy) is 1. The van der Waals surface area contributed by atoms with Crippen LogP contribution in [0.1, 0.15) is 56.3 Å². The summed E-state index contributed by atoms with van der Waals surface area (Å²) < 4.78 is 7.22. The molecule has 7 nitrogen and oxygen atoms in total. The molecule has 1 fully saturated rings. The predicted molar refractivity (Wildman–Crippen MR) is 137 cm³/mol. The fourth-order valence-electron chi connectivity index (χ4n) is 4.47. The summed E-state index contributed by atoms with van der Waals surface area (Å²) in [5.41, 5.74) is 1.54. The molecule has 2 heterocycles. The van der Waals surface area contributed by atoms with Gasteiger partial charge in [0.15, 0.2) is 0 Å². The van der Waals surface area contributed by atoms with Gasteiger partial charge in [0, 0.05) is 19.7 Å². The van der Waals surface area contributed by atoms with Gasteiger partial charge in [0.25, 0.3) is 11.5 Å². The average molecular weight is 469 g/mol. The molecule has 1 unspecified atom stereocenters. The zero-order valence-corrected chi connectivity index (χ0v) is 20.9. The lowest BCUT2D eigenvalue weighted by atomic mass is 10.1. The third-order valence-electron chi connectivity index (χ3n) is 6.28. The van der Waals surface area contributed by atoms with E-state index in [-0.39, 0.29) is 29.3 Å². The smallest absolute Gasteiger partial charge is 0.264 e. The monoisotopic (exact) mass is 468 g/mol. The lowest BCUT2D eigenvalue weighted by molar-refractivity contribution is 0.0524. The highest BCUT2D eigenvalue weighted by molar-refractivity contribution is 5.94. The van der Waals surface area contributed by atoms with Crippen LogP contribution < -0.4 is 16.2 Å². The first kappa shape index (κ1) is 26.1. The highest BCUT2D eigenvalue weighted by Gasteiger charge is 2.19. The number of nitrogens with zero attached hydrogens (tertiary/aromatic N) is 2. The van der Waals surface area contributed by atoms with Gasteiger partial charge in [-0.15, -0.1) is 0 Å². The van der Waals surface area contributed by atoms with Gasteiger partial charge in [-0.3, -0.25) is 14.9 Å². The van der Waals surface area contributed by atoms with Crippen LogP contribution in [0, 0.1) is 0 Å². The number of carbonyl (C=O) groups excluding carboxylic acids is 1. The number of rotatable bonds is 12. The molecule has 1 aliphatic rings. The van der Waals surface area contributed by atoms with Crippen molar-refractivity contribution < 1.29 is 9.53 Å². The lowest BCUT2D eigenvalue weighted by Gasteiger charge is -2.26. The maximum Gasteiger partial charge on any atom is 0.264 e. The Bertz CT molecular complexity index is 952. The van der Waals surface area contributed by atoms with Crippen molar-refractivity contribution in [1.82, 2.24) is 20.1 Å². The van der Waals surface area contributed by atoms with Gasteiger partial charge < -0.3 is 19.5 Å². The van der Waals surface area contributed by atoms with E-state index in [1.54, 1.807) is 17.7 Å². The first-order valence-electron chi connectivity index (χ1n) is 12.6. The Balaban J connectivity index is 1.70. The highest BCUT2D eigenvalue weighted by atomic mass is 16.5. The first-order chi connectivity index (χ1) is 16.5. The van der Waals surface area contributed by atoms with Gasteiger partial charge in [-0.1, -0.05) is 36.8 Å². The molecule has 1 atom stereocenters. The Morgan fingerprint density at radius 2 is 1.76 bits per heavy atom. The fourth-order valence-corrected chi connectivity index (χ4v) is 4.47. The van der Waals surface area contributed by atoms with Gasteiger partial charge in [-0.2, -0.15) is 0 Å². The molecule has 0 bridgehead atoms. The normalized spacial score (nSPS) is 15.4. The Labute approximate surface area is 203 Å². The van der Waals surface area contributed by atoms with Crippen LogP contribution in [0.5, 0.6) is 0 Å². The fraction of sp³-hybridized carbons (Fsp3) is 0.556.